The Bertz CT molecular complexity index is 722. The Labute approximate surface area is 145 Å². The zero-order valence-corrected chi connectivity index (χ0v) is 15.4. The molecule has 1 amide bonds. The highest BCUT2D eigenvalue weighted by Crippen LogP contribution is 2.27. The van der Waals surface area contributed by atoms with Crippen LogP contribution >= 0.6 is 11.3 Å². The van der Waals surface area contributed by atoms with Crippen LogP contribution in [0.5, 0.6) is 0 Å². The van der Waals surface area contributed by atoms with Gasteiger partial charge in [0.2, 0.25) is 11.8 Å². The molecular weight excluding hydrogens is 326 g/mol. The number of thiophene rings is 1. The van der Waals surface area contributed by atoms with Crippen LogP contribution in [-0.4, -0.2) is 40.7 Å². The topological polar surface area (TPSA) is 68.5 Å². The minimum absolute atomic E-state index is 0.0553. The molecule has 0 N–H and O–H groups in total. The molecule has 1 aliphatic rings. The normalized spacial score (nSPS) is 18.4. The Morgan fingerprint density at radius 1 is 1.46 bits per heavy atom. The van der Waals surface area contributed by atoms with Gasteiger partial charge in [-0.05, 0) is 25.0 Å². The summed E-state index contributed by atoms with van der Waals surface area (Å²) < 4.78 is 11.4. The van der Waals surface area contributed by atoms with Crippen LogP contribution in [0.2, 0.25) is 0 Å². The number of morpholine rings is 1. The first-order valence-corrected chi connectivity index (χ1v) is 9.14. The molecule has 1 aliphatic heterocycles. The number of hydrogen-bond donors (Lipinski definition) is 0. The summed E-state index contributed by atoms with van der Waals surface area (Å²) in [5.41, 5.74) is 1.24. The van der Waals surface area contributed by atoms with Crippen molar-refractivity contribution in [2.75, 3.05) is 19.7 Å². The molecule has 3 heterocycles. The molecule has 0 spiro atoms. The van der Waals surface area contributed by atoms with Gasteiger partial charge in [-0.15, -0.1) is 21.5 Å². The van der Waals surface area contributed by atoms with Gasteiger partial charge >= 0.3 is 0 Å². The second-order valence-corrected chi connectivity index (χ2v) is 7.55. The Morgan fingerprint density at radius 2 is 2.25 bits per heavy atom. The first-order valence-electron chi connectivity index (χ1n) is 8.33. The van der Waals surface area contributed by atoms with Crippen LogP contribution in [0.3, 0.4) is 0 Å². The van der Waals surface area contributed by atoms with Crippen molar-refractivity contribution in [1.82, 2.24) is 15.1 Å². The number of carbonyl (C=O) groups is 1. The molecule has 1 fully saturated rings. The Kier molecular flexibility index (Phi) is 5.01. The van der Waals surface area contributed by atoms with Gasteiger partial charge in [0.05, 0.1) is 18.0 Å². The lowest BCUT2D eigenvalue weighted by Gasteiger charge is -2.31. The summed E-state index contributed by atoms with van der Waals surface area (Å²) in [4.78, 5) is 16.6. The molecule has 7 heteroatoms. The highest BCUT2D eigenvalue weighted by atomic mass is 32.1. The highest BCUT2D eigenvalue weighted by Gasteiger charge is 2.30. The summed E-state index contributed by atoms with van der Waals surface area (Å²) in [5.74, 6) is 1.28. The molecule has 130 valence electrons. The molecule has 0 radical (unpaired) electrons. The molecule has 24 heavy (non-hydrogen) atoms. The summed E-state index contributed by atoms with van der Waals surface area (Å²) in [6, 6.07) is 2.01. The molecule has 0 aromatic carbocycles. The van der Waals surface area contributed by atoms with E-state index >= 15 is 0 Å². The van der Waals surface area contributed by atoms with E-state index in [1.54, 1.807) is 11.3 Å². The van der Waals surface area contributed by atoms with E-state index in [9.17, 15) is 4.79 Å². The van der Waals surface area contributed by atoms with Crippen molar-refractivity contribution in [3.05, 3.63) is 33.2 Å². The molecule has 0 saturated carbocycles. The van der Waals surface area contributed by atoms with Crippen LogP contribution < -0.4 is 0 Å². The van der Waals surface area contributed by atoms with Gasteiger partial charge in [0.15, 0.2) is 6.10 Å². The molecule has 0 unspecified atom stereocenters. The maximum absolute atomic E-state index is 12.8. The van der Waals surface area contributed by atoms with E-state index in [1.165, 1.54) is 10.4 Å². The van der Waals surface area contributed by atoms with Crippen LogP contribution in [0.15, 0.2) is 10.5 Å². The van der Waals surface area contributed by atoms with Crippen molar-refractivity contribution < 1.29 is 13.9 Å². The van der Waals surface area contributed by atoms with Crippen molar-refractivity contribution in [2.24, 2.45) is 0 Å². The predicted octanol–water partition coefficient (Wildman–Crippen LogP) is 3.34. The second-order valence-electron chi connectivity index (χ2n) is 6.29. The summed E-state index contributed by atoms with van der Waals surface area (Å²) in [7, 11) is 0. The lowest BCUT2D eigenvalue weighted by Crippen LogP contribution is -2.42. The first-order chi connectivity index (χ1) is 11.5. The lowest BCUT2D eigenvalue weighted by molar-refractivity contribution is -0.0349. The number of aryl methyl sites for hydroxylation is 2. The second kappa shape index (κ2) is 7.03. The predicted molar refractivity (Wildman–Crippen MR) is 91.4 cm³/mol. The lowest BCUT2D eigenvalue weighted by atomic mass is 10.2. The van der Waals surface area contributed by atoms with E-state index in [0.29, 0.717) is 31.5 Å². The van der Waals surface area contributed by atoms with Crippen molar-refractivity contribution in [3.63, 3.8) is 0 Å². The SMILES string of the molecule is CCc1cc(C(=O)N2CCO[C@@H](c3nnc(C(C)C)o3)C2)sc1C. The fraction of sp³-hybridized carbons (Fsp3) is 0.588. The largest absolute Gasteiger partial charge is 0.422 e. The van der Waals surface area contributed by atoms with Crippen LogP contribution in [0.4, 0.5) is 0 Å². The fourth-order valence-electron chi connectivity index (χ4n) is 2.73. The third kappa shape index (κ3) is 3.37. The summed E-state index contributed by atoms with van der Waals surface area (Å²) in [6.45, 7) is 9.67. The van der Waals surface area contributed by atoms with Crippen molar-refractivity contribution in [1.29, 1.82) is 0 Å². The molecule has 1 saturated heterocycles. The molecule has 3 rings (SSSR count). The van der Waals surface area contributed by atoms with Gasteiger partial charge in [-0.25, -0.2) is 0 Å². The number of ether oxygens (including phenoxy) is 1. The van der Waals surface area contributed by atoms with E-state index < -0.39 is 0 Å². The molecule has 2 aromatic rings. The van der Waals surface area contributed by atoms with Crippen LogP contribution in [0.1, 0.15) is 64.7 Å². The van der Waals surface area contributed by atoms with Gasteiger partial charge < -0.3 is 14.1 Å². The number of hydrogen-bond acceptors (Lipinski definition) is 6. The average molecular weight is 349 g/mol. The minimum atomic E-state index is -0.352. The third-order valence-electron chi connectivity index (χ3n) is 4.19. The first kappa shape index (κ1) is 17.1. The van der Waals surface area contributed by atoms with E-state index in [-0.39, 0.29) is 17.9 Å². The zero-order chi connectivity index (χ0) is 17.3. The standard InChI is InChI=1S/C17H23N3O3S/c1-5-12-8-14(24-11(12)4)17(21)20-6-7-22-13(9-20)16-19-18-15(23-16)10(2)3/h8,10,13H,5-7,9H2,1-4H3/t13-/m1/s1. The third-order valence-corrected chi connectivity index (χ3v) is 5.27. The van der Waals surface area contributed by atoms with Crippen LogP contribution in [0, 0.1) is 6.92 Å². The van der Waals surface area contributed by atoms with E-state index in [0.717, 1.165) is 11.3 Å². The molecule has 0 aliphatic carbocycles. The number of aromatic nitrogens is 2. The smallest absolute Gasteiger partial charge is 0.264 e. The number of rotatable bonds is 4. The zero-order valence-electron chi connectivity index (χ0n) is 14.5. The number of nitrogens with zero attached hydrogens (tertiary/aromatic N) is 3. The van der Waals surface area contributed by atoms with Crippen molar-refractivity contribution in [3.8, 4) is 0 Å². The van der Waals surface area contributed by atoms with Gasteiger partial charge in [-0.2, -0.15) is 0 Å². The van der Waals surface area contributed by atoms with Gasteiger partial charge in [-0.1, -0.05) is 20.8 Å². The summed E-state index contributed by atoms with van der Waals surface area (Å²) >= 11 is 1.56. The Balaban J connectivity index is 1.73. The molecule has 6 nitrogen and oxygen atoms in total. The van der Waals surface area contributed by atoms with Gasteiger partial charge in [0.25, 0.3) is 5.91 Å². The molecule has 0 bridgehead atoms. The maximum atomic E-state index is 12.8. The van der Waals surface area contributed by atoms with E-state index in [2.05, 4.69) is 24.0 Å². The fourth-order valence-corrected chi connectivity index (χ4v) is 3.81. The van der Waals surface area contributed by atoms with Crippen LogP contribution in [-0.2, 0) is 11.2 Å². The Hall–Kier alpha value is -1.73. The Morgan fingerprint density at radius 3 is 2.88 bits per heavy atom. The van der Waals surface area contributed by atoms with Gasteiger partial charge in [0, 0.05) is 17.3 Å². The minimum Gasteiger partial charge on any atom is -0.422 e. The van der Waals surface area contributed by atoms with Crippen LogP contribution in [0.25, 0.3) is 0 Å². The summed E-state index contributed by atoms with van der Waals surface area (Å²) in [6.07, 6.45) is 0.593. The van der Waals surface area contributed by atoms with Crippen molar-refractivity contribution >= 4 is 17.2 Å². The monoisotopic (exact) mass is 349 g/mol. The summed E-state index contributed by atoms with van der Waals surface area (Å²) in [5, 5.41) is 8.13. The van der Waals surface area contributed by atoms with E-state index in [1.807, 2.05) is 24.8 Å². The highest BCUT2D eigenvalue weighted by molar-refractivity contribution is 7.14. The average Bonchev–Trinajstić information content (AvgIpc) is 3.21. The number of amides is 1. The van der Waals surface area contributed by atoms with Crippen molar-refractivity contribution in [2.45, 2.75) is 46.1 Å². The van der Waals surface area contributed by atoms with Gasteiger partial charge in [0.1, 0.15) is 0 Å². The molecule has 2 aromatic heterocycles. The van der Waals surface area contributed by atoms with E-state index in [4.69, 9.17) is 9.15 Å². The quantitative estimate of drug-likeness (QED) is 0.847. The molecular formula is C17H23N3O3S. The number of carbonyl (C=O) groups excluding carboxylic acids is 1. The maximum Gasteiger partial charge on any atom is 0.264 e. The van der Waals surface area contributed by atoms with Gasteiger partial charge in [-0.3, -0.25) is 4.79 Å². The molecule has 1 atom stereocenters.